The van der Waals surface area contributed by atoms with Crippen molar-refractivity contribution in [2.75, 3.05) is 19.3 Å². The van der Waals surface area contributed by atoms with Gasteiger partial charge < -0.3 is 4.90 Å². The van der Waals surface area contributed by atoms with E-state index in [0.29, 0.717) is 22.0 Å². The van der Waals surface area contributed by atoms with Crippen LogP contribution in [0.25, 0.3) is 0 Å². The van der Waals surface area contributed by atoms with Gasteiger partial charge in [-0.3, -0.25) is 4.79 Å². The van der Waals surface area contributed by atoms with Crippen molar-refractivity contribution in [1.82, 2.24) is 4.90 Å². The van der Waals surface area contributed by atoms with E-state index in [4.69, 9.17) is 11.6 Å². The summed E-state index contributed by atoms with van der Waals surface area (Å²) in [5.41, 5.74) is 2.21. The Morgan fingerprint density at radius 3 is 2.80 bits per heavy atom. The Labute approximate surface area is 166 Å². The maximum Gasteiger partial charge on any atom is 0.173 e. The first-order chi connectivity index (χ1) is 11.9. The minimum absolute atomic E-state index is 0.0607. The summed E-state index contributed by atoms with van der Waals surface area (Å²) in [6, 6.07) is 11.5. The van der Waals surface area contributed by atoms with E-state index in [-0.39, 0.29) is 5.78 Å². The maximum atomic E-state index is 12.6. The molecule has 2 rings (SSSR count). The van der Waals surface area contributed by atoms with Crippen LogP contribution in [-0.2, 0) is 0 Å². The number of ketones is 1. The first kappa shape index (κ1) is 20.0. The van der Waals surface area contributed by atoms with Gasteiger partial charge in [0.1, 0.15) is 0 Å². The average Bonchev–Trinajstić information content (AvgIpc) is 2.59. The van der Waals surface area contributed by atoms with Gasteiger partial charge in [-0.1, -0.05) is 33.6 Å². The number of halogens is 2. The normalized spacial score (nSPS) is 11.1. The first-order valence-electron chi connectivity index (χ1n) is 7.87. The summed E-state index contributed by atoms with van der Waals surface area (Å²) in [6.07, 6.45) is 1.74. The lowest BCUT2D eigenvalue weighted by Crippen LogP contribution is -2.14. The molecule has 2 aromatic carbocycles. The lowest BCUT2D eigenvalue weighted by atomic mass is 10.0. The van der Waals surface area contributed by atoms with Crippen molar-refractivity contribution in [3.63, 3.8) is 0 Å². The van der Waals surface area contributed by atoms with Crippen LogP contribution >= 0.6 is 39.3 Å². The molecule has 25 heavy (non-hydrogen) atoms. The van der Waals surface area contributed by atoms with Crippen molar-refractivity contribution >= 4 is 57.1 Å². The number of rotatable bonds is 7. The first-order valence-corrected chi connectivity index (χ1v) is 10.0. The van der Waals surface area contributed by atoms with Crippen LogP contribution in [-0.4, -0.2) is 36.4 Å². The fourth-order valence-corrected chi connectivity index (χ4v) is 3.69. The number of hydrogen-bond donors (Lipinski definition) is 0. The van der Waals surface area contributed by atoms with Crippen LogP contribution in [0, 0.1) is 6.92 Å². The number of thioether (sulfide) groups is 1. The number of benzene rings is 2. The third-order valence-corrected chi connectivity index (χ3v) is 5.44. The van der Waals surface area contributed by atoms with E-state index in [2.05, 4.69) is 20.9 Å². The standard InChI is InChI=1S/C19H20BrClN2OS/c1-4-23(3)12-22-18-8-13(2)16(10-17(18)21)19(24)11-25-15-7-5-6-14(20)9-15/h5-10,12H,4,11H2,1-3H3/b22-12-. The monoisotopic (exact) mass is 438 g/mol. The van der Waals surface area contributed by atoms with Gasteiger partial charge in [0, 0.05) is 28.5 Å². The highest BCUT2D eigenvalue weighted by atomic mass is 79.9. The van der Waals surface area contributed by atoms with Crippen LogP contribution in [0.3, 0.4) is 0 Å². The zero-order chi connectivity index (χ0) is 18.4. The second-order valence-corrected chi connectivity index (χ2v) is 7.98. The van der Waals surface area contributed by atoms with Crippen LogP contribution < -0.4 is 0 Å². The highest BCUT2D eigenvalue weighted by Gasteiger charge is 2.13. The highest BCUT2D eigenvalue weighted by molar-refractivity contribution is 9.10. The molecular weight excluding hydrogens is 420 g/mol. The Hall–Kier alpha value is -1.30. The van der Waals surface area contributed by atoms with Gasteiger partial charge in [-0.05, 0) is 49.7 Å². The summed E-state index contributed by atoms with van der Waals surface area (Å²) in [7, 11) is 1.95. The third kappa shape index (κ3) is 5.87. The van der Waals surface area contributed by atoms with Crippen LogP contribution in [0.5, 0.6) is 0 Å². The van der Waals surface area contributed by atoms with Crippen molar-refractivity contribution in [3.8, 4) is 0 Å². The highest BCUT2D eigenvalue weighted by Crippen LogP contribution is 2.30. The van der Waals surface area contributed by atoms with Gasteiger partial charge in [0.2, 0.25) is 0 Å². The number of Topliss-reactive ketones (excluding diaryl/α,β-unsaturated/α-hetero) is 1. The second-order valence-electron chi connectivity index (χ2n) is 5.61. The molecule has 3 nitrogen and oxygen atoms in total. The van der Waals surface area contributed by atoms with E-state index < -0.39 is 0 Å². The molecule has 6 heteroatoms. The van der Waals surface area contributed by atoms with E-state index in [0.717, 1.165) is 21.5 Å². The number of hydrogen-bond acceptors (Lipinski definition) is 3. The molecule has 132 valence electrons. The van der Waals surface area contributed by atoms with Crippen molar-refractivity contribution in [1.29, 1.82) is 0 Å². The summed E-state index contributed by atoms with van der Waals surface area (Å²) >= 11 is 11.3. The van der Waals surface area contributed by atoms with E-state index >= 15 is 0 Å². The molecule has 2 aromatic rings. The van der Waals surface area contributed by atoms with Crippen molar-refractivity contribution in [2.24, 2.45) is 4.99 Å². The van der Waals surface area contributed by atoms with Crippen molar-refractivity contribution < 1.29 is 4.79 Å². The van der Waals surface area contributed by atoms with Gasteiger partial charge in [-0.2, -0.15) is 0 Å². The number of aryl methyl sites for hydroxylation is 1. The van der Waals surface area contributed by atoms with Gasteiger partial charge in [-0.15, -0.1) is 11.8 Å². The predicted molar refractivity (Wildman–Crippen MR) is 112 cm³/mol. The Balaban J connectivity index is 2.12. The molecule has 0 saturated heterocycles. The Bertz CT molecular complexity index is 795. The number of nitrogens with zero attached hydrogens (tertiary/aromatic N) is 2. The van der Waals surface area contributed by atoms with Crippen molar-refractivity contribution in [3.05, 3.63) is 57.0 Å². The summed E-state index contributed by atoms with van der Waals surface area (Å²) in [5.74, 6) is 0.431. The van der Waals surface area contributed by atoms with Crippen LogP contribution in [0.4, 0.5) is 5.69 Å². The fraction of sp³-hybridized carbons (Fsp3) is 0.263. The fourth-order valence-electron chi connectivity index (χ4n) is 2.09. The molecule has 0 spiro atoms. The SMILES string of the molecule is CCN(C)/C=N\c1cc(C)c(C(=O)CSc2cccc(Br)c2)cc1Cl. The quantitative estimate of drug-likeness (QED) is 0.230. The van der Waals surface area contributed by atoms with E-state index in [1.165, 1.54) is 11.8 Å². The molecule has 0 aliphatic carbocycles. The molecule has 0 saturated carbocycles. The predicted octanol–water partition coefficient (Wildman–Crippen LogP) is 6.00. The molecule has 0 amide bonds. The maximum absolute atomic E-state index is 12.6. The van der Waals surface area contributed by atoms with Gasteiger partial charge in [0.15, 0.2) is 5.78 Å². The molecule has 0 heterocycles. The Morgan fingerprint density at radius 1 is 1.36 bits per heavy atom. The van der Waals surface area contributed by atoms with E-state index in [1.54, 1.807) is 12.4 Å². The lowest BCUT2D eigenvalue weighted by Gasteiger charge is -2.10. The van der Waals surface area contributed by atoms with Gasteiger partial charge in [-0.25, -0.2) is 4.99 Å². The molecule has 0 aliphatic rings. The van der Waals surface area contributed by atoms with Crippen LogP contribution in [0.1, 0.15) is 22.8 Å². The summed E-state index contributed by atoms with van der Waals surface area (Å²) < 4.78 is 1.00. The molecular formula is C19H20BrClN2OS. The number of aliphatic imine (C=N–C) groups is 1. The van der Waals surface area contributed by atoms with Crippen LogP contribution in [0.2, 0.25) is 5.02 Å². The summed E-state index contributed by atoms with van der Waals surface area (Å²) in [5, 5.41) is 0.488. The number of carbonyl (C=O) groups is 1. The van der Waals surface area contributed by atoms with E-state index in [9.17, 15) is 4.79 Å². The number of carbonyl (C=O) groups excluding carboxylic acids is 1. The molecule has 0 aliphatic heterocycles. The smallest absolute Gasteiger partial charge is 0.173 e. The molecule has 0 fully saturated rings. The zero-order valence-corrected chi connectivity index (χ0v) is 17.6. The average molecular weight is 440 g/mol. The Kier molecular flexibility index (Phi) is 7.54. The molecule has 0 bridgehead atoms. The van der Waals surface area contributed by atoms with Crippen LogP contribution in [0.15, 0.2) is 50.8 Å². The third-order valence-electron chi connectivity index (χ3n) is 3.65. The zero-order valence-electron chi connectivity index (χ0n) is 14.4. The lowest BCUT2D eigenvalue weighted by molar-refractivity contribution is 0.102. The van der Waals surface area contributed by atoms with Gasteiger partial charge in [0.05, 0.1) is 22.8 Å². The minimum Gasteiger partial charge on any atom is -0.366 e. The topological polar surface area (TPSA) is 32.7 Å². The van der Waals surface area contributed by atoms with Crippen molar-refractivity contribution in [2.45, 2.75) is 18.7 Å². The summed E-state index contributed by atoms with van der Waals surface area (Å²) in [4.78, 5) is 20.0. The molecule has 0 radical (unpaired) electrons. The molecule has 0 unspecified atom stereocenters. The van der Waals surface area contributed by atoms with Gasteiger partial charge in [0.25, 0.3) is 0 Å². The van der Waals surface area contributed by atoms with Gasteiger partial charge >= 0.3 is 0 Å². The molecule has 0 atom stereocenters. The van der Waals surface area contributed by atoms with E-state index in [1.807, 2.05) is 56.1 Å². The molecule has 0 aromatic heterocycles. The minimum atomic E-state index is 0.0607. The second kappa shape index (κ2) is 9.41. The summed E-state index contributed by atoms with van der Waals surface area (Å²) in [6.45, 7) is 4.82. The Morgan fingerprint density at radius 2 is 2.12 bits per heavy atom. The molecule has 0 N–H and O–H groups in total. The largest absolute Gasteiger partial charge is 0.366 e.